The fourth-order valence-corrected chi connectivity index (χ4v) is 5.66. The number of nitrogens with two attached hydrogens (primary N) is 1. The van der Waals surface area contributed by atoms with Crippen LogP contribution in [0.25, 0.3) is 0 Å². The van der Waals surface area contributed by atoms with Gasteiger partial charge in [-0.3, -0.25) is 0 Å². The second-order valence-corrected chi connectivity index (χ2v) is 9.67. The summed E-state index contributed by atoms with van der Waals surface area (Å²) in [6, 6.07) is 13.5. The SMILES string of the molecule is CCCCCC(Cc1ccccc1)C(N)(CC)NS(=O)(=O)c1cccs1. The summed E-state index contributed by atoms with van der Waals surface area (Å²) in [4.78, 5) is 0. The molecule has 0 bridgehead atoms. The molecule has 0 spiro atoms. The number of benzene rings is 1. The van der Waals surface area contributed by atoms with Crippen LogP contribution in [0.4, 0.5) is 0 Å². The zero-order valence-electron chi connectivity index (χ0n) is 15.6. The molecule has 0 fully saturated rings. The molecule has 0 aliphatic heterocycles. The standard InChI is InChI=1S/C20H30N2O2S2/c1-3-5-7-13-18(16-17-11-8-6-9-12-17)20(21,4-2)22-26(23,24)19-14-10-15-25-19/h6,8-12,14-15,18,22H,3-5,7,13,16,21H2,1-2H3. The predicted molar refractivity (Wildman–Crippen MR) is 110 cm³/mol. The highest BCUT2D eigenvalue weighted by atomic mass is 32.2. The Morgan fingerprint density at radius 2 is 1.85 bits per heavy atom. The summed E-state index contributed by atoms with van der Waals surface area (Å²) in [5, 5.41) is 1.77. The number of nitrogens with one attached hydrogen (secondary N) is 1. The Labute approximate surface area is 161 Å². The fraction of sp³-hybridized carbons (Fsp3) is 0.500. The van der Waals surface area contributed by atoms with Gasteiger partial charge in [0.1, 0.15) is 4.21 Å². The first-order chi connectivity index (χ1) is 12.4. The zero-order chi connectivity index (χ0) is 19.0. The van der Waals surface area contributed by atoms with Gasteiger partial charge in [-0.25, -0.2) is 8.42 Å². The van der Waals surface area contributed by atoms with Crippen molar-refractivity contribution in [3.05, 3.63) is 53.4 Å². The molecule has 3 N–H and O–H groups in total. The first-order valence-electron chi connectivity index (χ1n) is 9.31. The van der Waals surface area contributed by atoms with Gasteiger partial charge >= 0.3 is 0 Å². The van der Waals surface area contributed by atoms with Gasteiger partial charge in [-0.2, -0.15) is 4.72 Å². The van der Waals surface area contributed by atoms with Gasteiger partial charge in [0.2, 0.25) is 0 Å². The molecule has 1 heterocycles. The van der Waals surface area contributed by atoms with Crippen molar-refractivity contribution >= 4 is 21.4 Å². The van der Waals surface area contributed by atoms with Crippen LogP contribution in [0.1, 0.15) is 51.5 Å². The Bertz CT molecular complexity index is 745. The van der Waals surface area contributed by atoms with Crippen LogP contribution < -0.4 is 10.5 Å². The first kappa shape index (κ1) is 21.1. The van der Waals surface area contributed by atoms with Crippen molar-refractivity contribution in [2.45, 2.75) is 62.2 Å². The lowest BCUT2D eigenvalue weighted by molar-refractivity contribution is 0.221. The van der Waals surface area contributed by atoms with Crippen LogP contribution >= 0.6 is 11.3 Å². The molecule has 0 aliphatic rings. The summed E-state index contributed by atoms with van der Waals surface area (Å²) in [5.74, 6) is 0.0381. The number of sulfonamides is 1. The molecule has 4 nitrogen and oxygen atoms in total. The Morgan fingerprint density at radius 1 is 1.12 bits per heavy atom. The Morgan fingerprint density at radius 3 is 2.42 bits per heavy atom. The summed E-state index contributed by atoms with van der Waals surface area (Å²) < 4.78 is 28.7. The molecule has 6 heteroatoms. The summed E-state index contributed by atoms with van der Waals surface area (Å²) in [6.45, 7) is 4.12. The van der Waals surface area contributed by atoms with E-state index in [1.807, 2.05) is 25.1 Å². The highest BCUT2D eigenvalue weighted by Gasteiger charge is 2.37. The first-order valence-corrected chi connectivity index (χ1v) is 11.7. The van der Waals surface area contributed by atoms with Crippen molar-refractivity contribution in [1.29, 1.82) is 0 Å². The van der Waals surface area contributed by atoms with Crippen LogP contribution in [-0.4, -0.2) is 14.1 Å². The molecule has 0 saturated heterocycles. The van der Waals surface area contributed by atoms with Gasteiger partial charge in [-0.05, 0) is 42.2 Å². The minimum absolute atomic E-state index is 0.0381. The monoisotopic (exact) mass is 394 g/mol. The van der Waals surface area contributed by atoms with Crippen molar-refractivity contribution in [2.75, 3.05) is 0 Å². The molecule has 1 aromatic carbocycles. The summed E-state index contributed by atoms with van der Waals surface area (Å²) in [6.07, 6.45) is 5.52. The van der Waals surface area contributed by atoms with Crippen LogP contribution in [0.5, 0.6) is 0 Å². The largest absolute Gasteiger partial charge is 0.312 e. The van der Waals surface area contributed by atoms with Gasteiger partial charge in [0, 0.05) is 0 Å². The average Bonchev–Trinajstić information content (AvgIpc) is 3.17. The van der Waals surface area contributed by atoms with Gasteiger partial charge in [0.25, 0.3) is 10.0 Å². The van der Waals surface area contributed by atoms with Crippen molar-refractivity contribution in [3.63, 3.8) is 0 Å². The lowest BCUT2D eigenvalue weighted by Crippen LogP contribution is -2.60. The molecular formula is C20H30N2O2S2. The molecule has 2 rings (SSSR count). The number of thiophene rings is 1. The maximum atomic E-state index is 12.8. The summed E-state index contributed by atoms with van der Waals surface area (Å²) >= 11 is 1.21. The van der Waals surface area contributed by atoms with E-state index >= 15 is 0 Å². The molecule has 2 unspecified atom stereocenters. The van der Waals surface area contributed by atoms with Gasteiger partial charge in [0.05, 0.1) is 5.66 Å². The molecule has 0 amide bonds. The number of hydrogen-bond acceptors (Lipinski definition) is 4. The normalized spacial score (nSPS) is 15.5. The molecule has 26 heavy (non-hydrogen) atoms. The molecule has 144 valence electrons. The Kier molecular flexibility index (Phi) is 7.83. The molecule has 0 radical (unpaired) electrons. The van der Waals surface area contributed by atoms with E-state index in [1.54, 1.807) is 17.5 Å². The van der Waals surface area contributed by atoms with E-state index in [9.17, 15) is 8.42 Å². The maximum absolute atomic E-state index is 12.8. The minimum atomic E-state index is -3.61. The Hall–Kier alpha value is -1.21. The predicted octanol–water partition coefficient (Wildman–Crippen LogP) is 4.53. The number of hydrogen-bond donors (Lipinski definition) is 2. The third-order valence-corrected chi connectivity index (χ3v) is 7.80. The van der Waals surface area contributed by atoms with Crippen molar-refractivity contribution in [2.24, 2.45) is 11.7 Å². The second-order valence-electron chi connectivity index (χ2n) is 6.81. The second kappa shape index (κ2) is 9.65. The van der Waals surface area contributed by atoms with Gasteiger partial charge in [0.15, 0.2) is 0 Å². The molecule has 0 saturated carbocycles. The van der Waals surface area contributed by atoms with Crippen LogP contribution in [-0.2, 0) is 16.4 Å². The molecule has 2 atom stereocenters. The topological polar surface area (TPSA) is 72.2 Å². The van der Waals surface area contributed by atoms with E-state index in [0.717, 1.165) is 32.1 Å². The van der Waals surface area contributed by atoms with E-state index in [4.69, 9.17) is 5.73 Å². The van der Waals surface area contributed by atoms with Crippen molar-refractivity contribution in [1.82, 2.24) is 4.72 Å². The van der Waals surface area contributed by atoms with E-state index in [0.29, 0.717) is 10.6 Å². The average molecular weight is 395 g/mol. The highest BCUT2D eigenvalue weighted by Crippen LogP contribution is 2.29. The smallest absolute Gasteiger partial charge is 0.251 e. The molecular weight excluding hydrogens is 364 g/mol. The third kappa shape index (κ3) is 5.64. The summed E-state index contributed by atoms with van der Waals surface area (Å²) in [7, 11) is -3.61. The summed E-state index contributed by atoms with van der Waals surface area (Å²) in [5.41, 5.74) is 6.90. The number of unbranched alkanes of at least 4 members (excludes halogenated alkanes) is 2. The lowest BCUT2D eigenvalue weighted by atomic mass is 9.82. The van der Waals surface area contributed by atoms with Crippen LogP contribution in [0.15, 0.2) is 52.1 Å². The van der Waals surface area contributed by atoms with E-state index in [-0.39, 0.29) is 5.92 Å². The highest BCUT2D eigenvalue weighted by molar-refractivity contribution is 7.91. The maximum Gasteiger partial charge on any atom is 0.251 e. The van der Waals surface area contributed by atoms with E-state index in [1.165, 1.54) is 16.9 Å². The van der Waals surface area contributed by atoms with Crippen molar-refractivity contribution in [3.8, 4) is 0 Å². The van der Waals surface area contributed by atoms with Gasteiger partial charge < -0.3 is 5.73 Å². The quantitative estimate of drug-likeness (QED) is 0.434. The van der Waals surface area contributed by atoms with Crippen LogP contribution in [0.2, 0.25) is 0 Å². The molecule has 1 aromatic heterocycles. The third-order valence-electron chi connectivity index (χ3n) is 4.88. The molecule has 0 aliphatic carbocycles. The Balaban J connectivity index is 2.25. The lowest BCUT2D eigenvalue weighted by Gasteiger charge is -2.37. The minimum Gasteiger partial charge on any atom is -0.312 e. The van der Waals surface area contributed by atoms with Gasteiger partial charge in [-0.15, -0.1) is 11.3 Å². The van der Waals surface area contributed by atoms with Gasteiger partial charge in [-0.1, -0.05) is 69.5 Å². The van der Waals surface area contributed by atoms with Crippen LogP contribution in [0.3, 0.4) is 0 Å². The van der Waals surface area contributed by atoms with E-state index < -0.39 is 15.7 Å². The number of rotatable bonds is 11. The van der Waals surface area contributed by atoms with Crippen molar-refractivity contribution < 1.29 is 8.42 Å². The fourth-order valence-electron chi connectivity index (χ4n) is 3.24. The van der Waals surface area contributed by atoms with E-state index in [2.05, 4.69) is 23.8 Å². The zero-order valence-corrected chi connectivity index (χ0v) is 17.3. The molecule has 2 aromatic rings. The van der Waals surface area contributed by atoms with Crippen LogP contribution in [0, 0.1) is 5.92 Å².